The highest BCUT2D eigenvalue weighted by molar-refractivity contribution is 6.35. The van der Waals surface area contributed by atoms with Crippen LogP contribution in [0.4, 0.5) is 0 Å². The molecule has 0 aliphatic heterocycles. The lowest BCUT2D eigenvalue weighted by Gasteiger charge is -2.05. The highest BCUT2D eigenvalue weighted by atomic mass is 35.5. The number of halogens is 2. The summed E-state index contributed by atoms with van der Waals surface area (Å²) in [5, 5.41) is 8.92. The molecule has 2 aromatic carbocycles. The van der Waals surface area contributed by atoms with Crippen molar-refractivity contribution in [1.29, 1.82) is 0 Å². The summed E-state index contributed by atoms with van der Waals surface area (Å²) in [4.78, 5) is 0. The lowest BCUT2D eigenvalue weighted by Crippen LogP contribution is -1.96. The van der Waals surface area contributed by atoms with Crippen LogP contribution in [0.5, 0.6) is 11.5 Å². The largest absolute Gasteiger partial charge is 0.497 e. The highest BCUT2D eigenvalue weighted by Gasteiger charge is 2.10. The van der Waals surface area contributed by atoms with Crippen LogP contribution >= 0.6 is 23.2 Å². The summed E-state index contributed by atoms with van der Waals surface area (Å²) < 4.78 is 16.2. The third-order valence-electron chi connectivity index (χ3n) is 3.05. The summed E-state index contributed by atoms with van der Waals surface area (Å²) in [5.74, 6) is 2.02. The summed E-state index contributed by atoms with van der Waals surface area (Å²) >= 11 is 11.9. The van der Waals surface area contributed by atoms with E-state index in [1.807, 2.05) is 24.3 Å². The molecule has 3 rings (SSSR count). The van der Waals surface area contributed by atoms with Gasteiger partial charge in [0.15, 0.2) is 6.61 Å². The average Bonchev–Trinajstić information content (AvgIpc) is 3.03. The Bertz CT molecular complexity index is 803. The summed E-state index contributed by atoms with van der Waals surface area (Å²) in [6.07, 6.45) is 0. The molecule has 0 saturated heterocycles. The maximum atomic E-state index is 6.04. The van der Waals surface area contributed by atoms with Crippen molar-refractivity contribution in [3.05, 3.63) is 58.4 Å². The van der Waals surface area contributed by atoms with Crippen LogP contribution in [0.3, 0.4) is 0 Å². The van der Waals surface area contributed by atoms with Crippen molar-refractivity contribution in [1.82, 2.24) is 10.2 Å². The van der Waals surface area contributed by atoms with Gasteiger partial charge < -0.3 is 13.9 Å². The maximum absolute atomic E-state index is 6.04. The van der Waals surface area contributed by atoms with Gasteiger partial charge in [-0.3, -0.25) is 0 Å². The Morgan fingerprint density at radius 1 is 1.04 bits per heavy atom. The fourth-order valence-electron chi connectivity index (χ4n) is 1.89. The number of aromatic nitrogens is 2. The zero-order valence-corrected chi connectivity index (χ0v) is 13.6. The number of methoxy groups -OCH3 is 1. The molecule has 0 atom stereocenters. The summed E-state index contributed by atoms with van der Waals surface area (Å²) in [5.41, 5.74) is 0.800. The Balaban J connectivity index is 1.69. The van der Waals surface area contributed by atoms with E-state index in [0.29, 0.717) is 27.6 Å². The fraction of sp³-hybridized carbons (Fsp3) is 0.125. The number of benzene rings is 2. The van der Waals surface area contributed by atoms with Gasteiger partial charge in [-0.15, -0.1) is 10.2 Å². The van der Waals surface area contributed by atoms with Crippen LogP contribution in [-0.4, -0.2) is 17.3 Å². The van der Waals surface area contributed by atoms with Crippen molar-refractivity contribution in [2.45, 2.75) is 6.61 Å². The first-order valence-corrected chi connectivity index (χ1v) is 7.46. The smallest absolute Gasteiger partial charge is 0.254 e. The second kappa shape index (κ2) is 6.89. The summed E-state index contributed by atoms with van der Waals surface area (Å²) in [6.45, 7) is 0.116. The number of nitrogens with zero attached hydrogens (tertiary/aromatic N) is 2. The topological polar surface area (TPSA) is 57.4 Å². The predicted molar refractivity (Wildman–Crippen MR) is 87.1 cm³/mol. The second-order valence-corrected chi connectivity index (χ2v) is 5.44. The number of hydrogen-bond donors (Lipinski definition) is 0. The van der Waals surface area contributed by atoms with Gasteiger partial charge in [0.2, 0.25) is 5.89 Å². The van der Waals surface area contributed by atoms with Gasteiger partial charge >= 0.3 is 0 Å². The molecule has 1 aromatic heterocycles. The molecule has 7 heteroatoms. The molecule has 0 aliphatic rings. The van der Waals surface area contributed by atoms with Crippen LogP contribution < -0.4 is 9.47 Å². The highest BCUT2D eigenvalue weighted by Crippen LogP contribution is 2.28. The van der Waals surface area contributed by atoms with Gasteiger partial charge in [0, 0.05) is 10.6 Å². The van der Waals surface area contributed by atoms with E-state index in [9.17, 15) is 0 Å². The third kappa shape index (κ3) is 3.75. The molecule has 0 unspecified atom stereocenters. The zero-order chi connectivity index (χ0) is 16.2. The van der Waals surface area contributed by atoms with Gasteiger partial charge in [-0.1, -0.05) is 23.2 Å². The molecular formula is C16H12Cl2N2O3. The molecule has 0 fully saturated rings. The van der Waals surface area contributed by atoms with E-state index < -0.39 is 0 Å². The summed E-state index contributed by atoms with van der Waals surface area (Å²) in [6, 6.07) is 12.3. The fourth-order valence-corrected chi connectivity index (χ4v) is 2.36. The minimum Gasteiger partial charge on any atom is -0.497 e. The van der Waals surface area contributed by atoms with Crippen molar-refractivity contribution in [2.75, 3.05) is 7.11 Å². The minimum atomic E-state index is 0.116. The minimum absolute atomic E-state index is 0.116. The molecule has 0 bridgehead atoms. The molecule has 118 valence electrons. The number of hydrogen-bond acceptors (Lipinski definition) is 5. The van der Waals surface area contributed by atoms with Gasteiger partial charge in [-0.05, 0) is 42.5 Å². The molecule has 0 aliphatic carbocycles. The molecular weight excluding hydrogens is 339 g/mol. The average molecular weight is 351 g/mol. The van der Waals surface area contributed by atoms with Crippen molar-refractivity contribution >= 4 is 23.2 Å². The van der Waals surface area contributed by atoms with Crippen molar-refractivity contribution in [2.24, 2.45) is 0 Å². The molecule has 0 saturated carbocycles. The van der Waals surface area contributed by atoms with E-state index >= 15 is 0 Å². The molecule has 0 radical (unpaired) electrons. The van der Waals surface area contributed by atoms with E-state index in [2.05, 4.69) is 10.2 Å². The van der Waals surface area contributed by atoms with Gasteiger partial charge in [-0.2, -0.15) is 0 Å². The molecule has 5 nitrogen and oxygen atoms in total. The Hall–Kier alpha value is -2.24. The van der Waals surface area contributed by atoms with Crippen molar-refractivity contribution in [3.8, 4) is 23.0 Å². The Morgan fingerprint density at radius 2 is 1.83 bits per heavy atom. The van der Waals surface area contributed by atoms with Gasteiger partial charge in [0.05, 0.1) is 12.1 Å². The van der Waals surface area contributed by atoms with E-state index in [1.54, 1.807) is 25.3 Å². The molecule has 1 heterocycles. The molecule has 0 amide bonds. The van der Waals surface area contributed by atoms with Crippen molar-refractivity contribution < 1.29 is 13.9 Å². The summed E-state index contributed by atoms with van der Waals surface area (Å²) in [7, 11) is 1.61. The van der Waals surface area contributed by atoms with Crippen molar-refractivity contribution in [3.63, 3.8) is 0 Å². The third-order valence-corrected chi connectivity index (χ3v) is 3.58. The predicted octanol–water partition coefficient (Wildman–Crippen LogP) is 4.63. The van der Waals surface area contributed by atoms with E-state index in [0.717, 1.165) is 11.3 Å². The van der Waals surface area contributed by atoms with Crippen LogP contribution in [-0.2, 0) is 6.61 Å². The SMILES string of the molecule is COc1ccc(-c2nnc(COc3ccc(Cl)cc3Cl)o2)cc1. The van der Waals surface area contributed by atoms with Gasteiger partial charge in [0.1, 0.15) is 11.5 Å². The quantitative estimate of drug-likeness (QED) is 0.671. The Labute approximate surface area is 142 Å². The standard InChI is InChI=1S/C16H12Cl2N2O3/c1-21-12-5-2-10(3-6-12)16-20-19-15(23-16)9-22-14-7-4-11(17)8-13(14)18/h2-8H,9H2,1H3. The van der Waals surface area contributed by atoms with Crippen LogP contribution in [0.25, 0.3) is 11.5 Å². The number of ether oxygens (including phenoxy) is 2. The van der Waals surface area contributed by atoms with Crippen LogP contribution in [0.2, 0.25) is 10.0 Å². The van der Waals surface area contributed by atoms with Crippen LogP contribution in [0, 0.1) is 0 Å². The first-order valence-electron chi connectivity index (χ1n) is 6.70. The first-order chi connectivity index (χ1) is 11.2. The molecule has 23 heavy (non-hydrogen) atoms. The monoisotopic (exact) mass is 350 g/mol. The molecule has 0 spiro atoms. The lowest BCUT2D eigenvalue weighted by molar-refractivity contribution is 0.264. The van der Waals surface area contributed by atoms with E-state index in [4.69, 9.17) is 37.1 Å². The lowest BCUT2D eigenvalue weighted by atomic mass is 10.2. The van der Waals surface area contributed by atoms with Crippen LogP contribution in [0.1, 0.15) is 5.89 Å². The first kappa shape index (κ1) is 15.6. The van der Waals surface area contributed by atoms with E-state index in [1.165, 1.54) is 0 Å². The normalized spacial score (nSPS) is 10.6. The molecule has 0 N–H and O–H groups in total. The van der Waals surface area contributed by atoms with Gasteiger partial charge in [0.25, 0.3) is 5.89 Å². The zero-order valence-electron chi connectivity index (χ0n) is 12.1. The van der Waals surface area contributed by atoms with E-state index in [-0.39, 0.29) is 6.61 Å². The van der Waals surface area contributed by atoms with Gasteiger partial charge in [-0.25, -0.2) is 0 Å². The van der Waals surface area contributed by atoms with Crippen LogP contribution in [0.15, 0.2) is 46.9 Å². The second-order valence-electron chi connectivity index (χ2n) is 4.59. The maximum Gasteiger partial charge on any atom is 0.254 e. The molecule has 3 aromatic rings. The number of rotatable bonds is 5. The Morgan fingerprint density at radius 3 is 2.52 bits per heavy atom. The Kier molecular flexibility index (Phi) is 4.69.